The largest absolute Gasteiger partial charge is 0.481 e. The fraction of sp³-hybridized carbons (Fsp3) is 0.0571. The lowest BCUT2D eigenvalue weighted by Gasteiger charge is -2.16. The fourth-order valence-electron chi connectivity index (χ4n) is 11.0. The molecular weight excluding hydrogens is 1080 g/mol. The number of ether oxygens (including phenoxy) is 4. The van der Waals surface area contributed by atoms with Crippen LogP contribution in [0.2, 0.25) is 0 Å². The van der Waals surface area contributed by atoms with Crippen LogP contribution in [0, 0.1) is 0 Å². The molecule has 2 amide bonds. The number of benzene rings is 6. The topological polar surface area (TPSA) is 212 Å². The number of esters is 2. The van der Waals surface area contributed by atoms with E-state index in [1.165, 1.54) is 26.6 Å². The van der Waals surface area contributed by atoms with Crippen molar-refractivity contribution in [2.24, 2.45) is 0 Å². The first-order valence-corrected chi connectivity index (χ1v) is 27.4. The Morgan fingerprint density at radius 3 is 1.20 bits per heavy atom. The van der Waals surface area contributed by atoms with Gasteiger partial charge in [0.15, 0.2) is 13.2 Å². The Morgan fingerprint density at radius 1 is 0.407 bits per heavy atom. The molecule has 13 rings (SSSR count). The van der Waals surface area contributed by atoms with Crippen LogP contribution in [0.1, 0.15) is 43.5 Å². The third-order valence-electron chi connectivity index (χ3n) is 14.9. The summed E-state index contributed by atoms with van der Waals surface area (Å²) in [7, 11) is 2.62. The molecule has 7 heterocycles. The summed E-state index contributed by atoms with van der Waals surface area (Å²) in [5, 5.41) is 9.73. The van der Waals surface area contributed by atoms with Gasteiger partial charge in [0, 0.05) is 103 Å². The van der Waals surface area contributed by atoms with Crippen LogP contribution in [-0.2, 0) is 19.1 Å². The van der Waals surface area contributed by atoms with Gasteiger partial charge in [-0.1, -0.05) is 97.1 Å². The van der Waals surface area contributed by atoms with Crippen LogP contribution in [0.3, 0.4) is 0 Å². The van der Waals surface area contributed by atoms with Crippen molar-refractivity contribution in [3.63, 3.8) is 0 Å². The Morgan fingerprint density at radius 2 is 0.791 bits per heavy atom. The highest BCUT2D eigenvalue weighted by Gasteiger charge is 2.26. The van der Waals surface area contributed by atoms with Gasteiger partial charge in [0.1, 0.15) is 11.5 Å². The van der Waals surface area contributed by atoms with Crippen LogP contribution in [0.5, 0.6) is 11.5 Å². The van der Waals surface area contributed by atoms with Crippen molar-refractivity contribution in [3.05, 3.63) is 229 Å². The summed E-state index contributed by atoms with van der Waals surface area (Å²) in [4.78, 5) is 81.1. The average Bonchev–Trinajstić information content (AvgIpc) is 1.81. The zero-order valence-corrected chi connectivity index (χ0v) is 46.3. The second-order valence-electron chi connectivity index (χ2n) is 20.0. The predicted octanol–water partition coefficient (Wildman–Crippen LogP) is 14.0. The van der Waals surface area contributed by atoms with E-state index in [1.807, 2.05) is 170 Å². The lowest BCUT2D eigenvalue weighted by Crippen LogP contribution is -2.13. The molecule has 16 heteroatoms. The van der Waals surface area contributed by atoms with Crippen molar-refractivity contribution in [3.8, 4) is 56.0 Å². The van der Waals surface area contributed by atoms with Gasteiger partial charge in [0.2, 0.25) is 0 Å². The number of fused-ring (bicyclic) bond motifs is 10. The first-order valence-electron chi connectivity index (χ1n) is 27.4. The van der Waals surface area contributed by atoms with E-state index in [1.54, 1.807) is 36.7 Å². The Hall–Kier alpha value is -11.8. The second kappa shape index (κ2) is 23.2. The zero-order chi connectivity index (χ0) is 58.7. The lowest BCUT2D eigenvalue weighted by atomic mass is 9.95. The van der Waals surface area contributed by atoms with Crippen molar-refractivity contribution in [1.82, 2.24) is 29.9 Å². The molecule has 6 aromatic carbocycles. The molecule has 0 aliphatic carbocycles. The molecule has 0 atom stereocenters. The smallest absolute Gasteiger partial charge is 0.343 e. The summed E-state index contributed by atoms with van der Waals surface area (Å²) in [5.74, 6) is -1.08. The molecule has 5 aromatic heterocycles. The quantitative estimate of drug-likeness (QED) is 0.0749. The highest BCUT2D eigenvalue weighted by molar-refractivity contribution is 6.12. The van der Waals surface area contributed by atoms with Crippen molar-refractivity contribution in [2.75, 3.05) is 38.1 Å². The summed E-state index contributed by atoms with van der Waals surface area (Å²) in [6, 6.07) is 53.1. The van der Waals surface area contributed by atoms with E-state index in [0.717, 1.165) is 21.5 Å². The van der Waals surface area contributed by atoms with Crippen LogP contribution in [0.25, 0.3) is 112 Å². The number of rotatable bonds is 14. The number of para-hydroxylation sites is 2. The second-order valence-corrected chi connectivity index (χ2v) is 20.0. The molecule has 2 aliphatic rings. The molecule has 0 fully saturated rings. The molecule has 16 nitrogen and oxygen atoms in total. The number of hydrogen-bond acceptors (Lipinski definition) is 12. The molecule has 0 saturated carbocycles. The minimum Gasteiger partial charge on any atom is -0.481 e. The van der Waals surface area contributed by atoms with Crippen molar-refractivity contribution < 1.29 is 38.1 Å². The Balaban J connectivity index is 1.18. The monoisotopic (exact) mass is 1130 g/mol. The fourth-order valence-corrected chi connectivity index (χ4v) is 11.0. The molecule has 86 heavy (non-hydrogen) atoms. The number of pyridine rings is 2. The number of carbonyl (C=O) groups excluding carboxylic acids is 4. The Bertz CT molecular complexity index is 4480. The van der Waals surface area contributed by atoms with Crippen molar-refractivity contribution in [2.45, 2.75) is 0 Å². The van der Waals surface area contributed by atoms with Gasteiger partial charge in [-0.3, -0.25) is 19.6 Å². The first-order chi connectivity index (χ1) is 42.2. The third kappa shape index (κ3) is 10.3. The number of amides is 2. The maximum Gasteiger partial charge on any atom is 0.343 e. The maximum absolute atomic E-state index is 14.1. The zero-order valence-electron chi connectivity index (χ0n) is 46.3. The minimum absolute atomic E-state index is 0.366. The van der Waals surface area contributed by atoms with Crippen molar-refractivity contribution in [1.29, 1.82) is 0 Å². The first kappa shape index (κ1) is 53.5. The van der Waals surface area contributed by atoms with Crippen molar-refractivity contribution >= 4 is 103 Å². The Kier molecular flexibility index (Phi) is 14.5. The number of hydrogen-bond donors (Lipinski definition) is 4. The normalized spacial score (nSPS) is 11.6. The number of methoxy groups -OCH3 is 2. The summed E-state index contributed by atoms with van der Waals surface area (Å²) in [5.41, 5.74) is 11.3. The van der Waals surface area contributed by atoms with Gasteiger partial charge in [-0.25, -0.2) is 19.6 Å². The molecule has 8 bridgehead atoms. The molecule has 2 aliphatic heterocycles. The number of aromatic nitrogens is 6. The van der Waals surface area contributed by atoms with Gasteiger partial charge in [-0.05, 0) is 119 Å². The molecule has 11 aromatic rings. The van der Waals surface area contributed by atoms with Gasteiger partial charge >= 0.3 is 11.9 Å². The van der Waals surface area contributed by atoms with E-state index in [2.05, 4.69) is 30.6 Å². The lowest BCUT2D eigenvalue weighted by molar-refractivity contribution is -0.143. The molecular formula is C70H50N8O8. The van der Waals surface area contributed by atoms with E-state index in [9.17, 15) is 19.2 Å². The third-order valence-corrected chi connectivity index (χ3v) is 14.9. The number of nitrogens with one attached hydrogen (secondary N) is 4. The molecule has 4 N–H and O–H groups in total. The predicted molar refractivity (Wildman–Crippen MR) is 335 cm³/mol. The SMILES string of the molecule is COC(=O)COc1ccc2ccccc2c1-c1c2nc(c(-c3ccccc3NC(=O)c3cccnc3)c3ccc([nH]3)c(-c3c(OCC(=O)OC)ccc4ccccc34)c3nc(c(-c4ccccc4NC(=O)c4cccnc4)c4ccc1[nH]4)C=C3)C=C2. The number of aromatic amines is 2. The molecule has 418 valence electrons. The number of nitrogens with zero attached hydrogens (tertiary/aromatic N) is 4. The van der Waals surface area contributed by atoms with Crippen LogP contribution in [0.15, 0.2) is 195 Å². The van der Waals surface area contributed by atoms with Crippen LogP contribution in [-0.4, -0.2) is 81.1 Å². The standard InChI is InChI=1S/C70H50N8O8/c1-83-61(79)39-85-59-33-23-41-13-3-5-17-45(41)65(59)67-55-29-25-51(73-55)63(47-19-7-9-21-49(47)77-69(81)43-15-11-35-71-37-43)53-27-31-57(75-53)68(66-46-18-6-4-14-42(46)24-34-60(66)86-40-62(80)84-2)58-32-28-54(76-58)64(52-26-30-56(67)74-52)48-20-8-10-22-50(48)78-70(82)44-16-12-36-72-38-44/h3-38,73,76H,39-40H2,1-2H3,(H,77,81)(H,78,82). The van der Waals surface area contributed by atoms with E-state index < -0.39 is 11.9 Å². The van der Waals surface area contributed by atoms with Crippen LogP contribution in [0.4, 0.5) is 11.4 Å². The summed E-state index contributed by atoms with van der Waals surface area (Å²) in [6.07, 6.45) is 14.0. The molecule has 0 spiro atoms. The van der Waals surface area contributed by atoms with Gasteiger partial charge in [0.05, 0.1) is 48.1 Å². The maximum atomic E-state index is 14.1. The summed E-state index contributed by atoms with van der Waals surface area (Å²) >= 11 is 0. The summed E-state index contributed by atoms with van der Waals surface area (Å²) in [6.45, 7) is -0.749. The van der Waals surface area contributed by atoms with E-state index in [4.69, 9.17) is 28.9 Å². The minimum atomic E-state index is -0.567. The summed E-state index contributed by atoms with van der Waals surface area (Å²) < 4.78 is 23.0. The van der Waals surface area contributed by atoms with E-state index >= 15 is 0 Å². The Labute approximate surface area is 491 Å². The number of H-pyrrole nitrogens is 2. The van der Waals surface area contributed by atoms with Gasteiger partial charge < -0.3 is 39.5 Å². The van der Waals surface area contributed by atoms with Crippen LogP contribution >= 0.6 is 0 Å². The van der Waals surface area contributed by atoms with E-state index in [-0.39, 0.29) is 25.0 Å². The molecule has 0 unspecified atom stereocenters. The highest BCUT2D eigenvalue weighted by atomic mass is 16.6. The average molecular weight is 1130 g/mol. The molecule has 0 radical (unpaired) electrons. The van der Waals surface area contributed by atoms with Gasteiger partial charge in [-0.15, -0.1) is 0 Å². The molecule has 0 saturated heterocycles. The van der Waals surface area contributed by atoms with Crippen LogP contribution < -0.4 is 20.1 Å². The van der Waals surface area contributed by atoms with Gasteiger partial charge in [0.25, 0.3) is 11.8 Å². The number of carbonyl (C=O) groups is 4. The highest BCUT2D eigenvalue weighted by Crippen LogP contribution is 2.46. The van der Waals surface area contributed by atoms with E-state index in [0.29, 0.717) is 123 Å². The van der Waals surface area contributed by atoms with Gasteiger partial charge in [-0.2, -0.15) is 0 Å². The number of anilines is 2.